The Hall–Kier alpha value is -0.303. The van der Waals surface area contributed by atoms with Crippen LogP contribution in [-0.2, 0) is 0 Å². The van der Waals surface area contributed by atoms with Gasteiger partial charge in [-0.1, -0.05) is 50.9 Å². The predicted octanol–water partition coefficient (Wildman–Crippen LogP) is 3.85. The third-order valence-corrected chi connectivity index (χ3v) is 4.99. The Morgan fingerprint density at radius 3 is 2.00 bits per heavy atom. The van der Waals surface area contributed by atoms with Crippen molar-refractivity contribution < 1.29 is 0 Å². The zero-order valence-corrected chi connectivity index (χ0v) is 9.39. The van der Waals surface area contributed by atoms with Gasteiger partial charge < -0.3 is 0 Å². The molecule has 0 spiro atoms. The molecule has 0 fully saturated rings. The summed E-state index contributed by atoms with van der Waals surface area (Å²) in [5.41, 5.74) is 0.777. The van der Waals surface area contributed by atoms with Gasteiger partial charge in [-0.05, 0) is 12.5 Å². The number of hydrogen-bond acceptors (Lipinski definition) is 0. The summed E-state index contributed by atoms with van der Waals surface area (Å²) < 4.78 is 0. The molecule has 0 unspecified atom stereocenters. The summed E-state index contributed by atoms with van der Waals surface area (Å²) in [4.78, 5) is 0. The van der Waals surface area contributed by atoms with Crippen molar-refractivity contribution in [2.24, 2.45) is 0 Å². The second-order valence-electron chi connectivity index (χ2n) is 4.07. The highest BCUT2D eigenvalue weighted by atomic mass is 28.3. The lowest BCUT2D eigenvalue weighted by Crippen LogP contribution is -2.24. The molecule has 64 valence electrons. The van der Waals surface area contributed by atoms with Gasteiger partial charge in [0.05, 0.1) is 8.07 Å². The van der Waals surface area contributed by atoms with Crippen LogP contribution in [0.25, 0.3) is 0 Å². The van der Waals surface area contributed by atoms with E-state index < -0.39 is 8.07 Å². The number of rotatable bonds is 3. The van der Waals surface area contributed by atoms with Crippen molar-refractivity contribution in [1.29, 1.82) is 0 Å². The molecule has 0 aliphatic carbocycles. The Morgan fingerprint density at radius 2 is 1.64 bits per heavy atom. The second kappa shape index (κ2) is 4.55. The minimum atomic E-state index is -0.931. The highest BCUT2D eigenvalue weighted by Crippen LogP contribution is 2.21. The standard InChI is InChI=1S/C10H20Si/c1-6-7-8-9-10(2)11(3,4)5/h6-10H,1-5H3/b7-6+,9-8-/t10-/m1/s1. The molecule has 0 saturated carbocycles. The Labute approximate surface area is 72.0 Å². The highest BCUT2D eigenvalue weighted by Gasteiger charge is 2.18. The lowest BCUT2D eigenvalue weighted by molar-refractivity contribution is 1.13. The van der Waals surface area contributed by atoms with E-state index >= 15 is 0 Å². The molecule has 0 heterocycles. The van der Waals surface area contributed by atoms with Gasteiger partial charge in [-0.3, -0.25) is 0 Å². The van der Waals surface area contributed by atoms with Crippen LogP contribution in [-0.4, -0.2) is 8.07 Å². The Morgan fingerprint density at radius 1 is 1.09 bits per heavy atom. The molecular formula is C10H20Si. The second-order valence-corrected chi connectivity index (χ2v) is 9.71. The van der Waals surface area contributed by atoms with Gasteiger partial charge >= 0.3 is 0 Å². The van der Waals surface area contributed by atoms with Gasteiger partial charge in [-0.25, -0.2) is 0 Å². The summed E-state index contributed by atoms with van der Waals surface area (Å²) in [7, 11) is -0.931. The van der Waals surface area contributed by atoms with Crippen LogP contribution in [0.1, 0.15) is 13.8 Å². The molecule has 1 atom stereocenters. The van der Waals surface area contributed by atoms with Crippen molar-refractivity contribution in [1.82, 2.24) is 0 Å². The van der Waals surface area contributed by atoms with E-state index in [0.29, 0.717) is 0 Å². The molecule has 0 aliphatic rings. The fourth-order valence-corrected chi connectivity index (χ4v) is 1.32. The first-order valence-electron chi connectivity index (χ1n) is 4.28. The molecule has 0 radical (unpaired) electrons. The molecule has 0 aromatic rings. The minimum absolute atomic E-state index is 0.777. The Bertz CT molecular complexity index is 149. The summed E-state index contributed by atoms with van der Waals surface area (Å²) in [6.07, 6.45) is 8.62. The third kappa shape index (κ3) is 5.02. The van der Waals surface area contributed by atoms with Crippen LogP contribution in [0.4, 0.5) is 0 Å². The van der Waals surface area contributed by atoms with Crippen molar-refractivity contribution in [3.05, 3.63) is 24.3 Å². The number of allylic oxidation sites excluding steroid dienone is 4. The van der Waals surface area contributed by atoms with Gasteiger partial charge in [-0.15, -0.1) is 0 Å². The summed E-state index contributed by atoms with van der Waals surface area (Å²) in [6.45, 7) is 11.6. The van der Waals surface area contributed by atoms with Crippen LogP contribution in [0.2, 0.25) is 25.2 Å². The maximum absolute atomic E-state index is 2.40. The monoisotopic (exact) mass is 168 g/mol. The fourth-order valence-electron chi connectivity index (χ4n) is 0.631. The molecule has 0 amide bonds. The van der Waals surface area contributed by atoms with Crippen LogP contribution in [0.5, 0.6) is 0 Å². The van der Waals surface area contributed by atoms with Crippen molar-refractivity contribution in [2.75, 3.05) is 0 Å². The van der Waals surface area contributed by atoms with Gasteiger partial charge in [0, 0.05) is 0 Å². The lowest BCUT2D eigenvalue weighted by atomic mass is 10.4. The Kier molecular flexibility index (Phi) is 4.42. The average Bonchev–Trinajstić information content (AvgIpc) is 1.86. The molecule has 0 aliphatic heterocycles. The van der Waals surface area contributed by atoms with Crippen molar-refractivity contribution in [3.8, 4) is 0 Å². The maximum Gasteiger partial charge on any atom is 0.0510 e. The summed E-state index contributed by atoms with van der Waals surface area (Å²) in [6, 6.07) is 0. The number of hydrogen-bond donors (Lipinski definition) is 0. The van der Waals surface area contributed by atoms with Crippen molar-refractivity contribution in [3.63, 3.8) is 0 Å². The quantitative estimate of drug-likeness (QED) is 0.443. The van der Waals surface area contributed by atoms with Gasteiger partial charge in [-0.2, -0.15) is 0 Å². The molecule has 0 saturated heterocycles. The van der Waals surface area contributed by atoms with E-state index in [1.54, 1.807) is 0 Å². The van der Waals surface area contributed by atoms with Gasteiger partial charge in [0.1, 0.15) is 0 Å². The van der Waals surface area contributed by atoms with E-state index in [0.717, 1.165) is 5.54 Å². The van der Waals surface area contributed by atoms with Gasteiger partial charge in [0.2, 0.25) is 0 Å². The topological polar surface area (TPSA) is 0 Å². The van der Waals surface area contributed by atoms with Crippen LogP contribution < -0.4 is 0 Å². The van der Waals surface area contributed by atoms with Gasteiger partial charge in [0.15, 0.2) is 0 Å². The molecule has 0 nitrogen and oxygen atoms in total. The first kappa shape index (κ1) is 10.7. The van der Waals surface area contributed by atoms with E-state index in [-0.39, 0.29) is 0 Å². The first-order valence-corrected chi connectivity index (χ1v) is 7.85. The molecule has 0 rings (SSSR count). The van der Waals surface area contributed by atoms with E-state index in [4.69, 9.17) is 0 Å². The SMILES string of the molecule is C/C=C/C=C\[C@@H](C)[Si](C)(C)C. The summed E-state index contributed by atoms with van der Waals surface area (Å²) in [5, 5.41) is 0. The lowest BCUT2D eigenvalue weighted by Gasteiger charge is -2.21. The third-order valence-electron chi connectivity index (χ3n) is 2.07. The molecule has 0 aromatic heterocycles. The maximum atomic E-state index is 2.40. The van der Waals surface area contributed by atoms with Crippen LogP contribution in [0.15, 0.2) is 24.3 Å². The average molecular weight is 168 g/mol. The normalized spacial score (nSPS) is 16.5. The molecule has 0 bridgehead atoms. The van der Waals surface area contributed by atoms with Gasteiger partial charge in [0.25, 0.3) is 0 Å². The van der Waals surface area contributed by atoms with E-state index in [1.165, 1.54) is 0 Å². The van der Waals surface area contributed by atoms with Crippen molar-refractivity contribution in [2.45, 2.75) is 39.0 Å². The summed E-state index contributed by atoms with van der Waals surface area (Å²) in [5.74, 6) is 0. The fraction of sp³-hybridized carbons (Fsp3) is 0.600. The van der Waals surface area contributed by atoms with E-state index in [2.05, 4.69) is 50.9 Å². The smallest absolute Gasteiger partial charge is 0.0510 e. The molecule has 1 heteroatoms. The first-order chi connectivity index (χ1) is 4.98. The summed E-state index contributed by atoms with van der Waals surface area (Å²) >= 11 is 0. The van der Waals surface area contributed by atoms with Crippen LogP contribution in [0.3, 0.4) is 0 Å². The highest BCUT2D eigenvalue weighted by molar-refractivity contribution is 6.77. The zero-order chi connectivity index (χ0) is 8.91. The Balaban J connectivity index is 3.96. The molecule has 0 aromatic carbocycles. The van der Waals surface area contributed by atoms with Crippen LogP contribution in [0, 0.1) is 0 Å². The van der Waals surface area contributed by atoms with E-state index in [1.807, 2.05) is 6.92 Å². The molecule has 0 N–H and O–H groups in total. The van der Waals surface area contributed by atoms with Crippen molar-refractivity contribution >= 4 is 8.07 Å². The largest absolute Gasteiger partial charge is 0.0877 e. The molecular weight excluding hydrogens is 148 g/mol. The predicted molar refractivity (Wildman–Crippen MR) is 56.7 cm³/mol. The van der Waals surface area contributed by atoms with E-state index in [9.17, 15) is 0 Å². The zero-order valence-electron chi connectivity index (χ0n) is 8.39. The minimum Gasteiger partial charge on any atom is -0.0877 e. The van der Waals surface area contributed by atoms with Crippen LogP contribution >= 0.6 is 0 Å². The molecule has 11 heavy (non-hydrogen) atoms.